The Hall–Kier alpha value is -7.18. The predicted octanol–water partition coefficient (Wildman–Crippen LogP) is 11.0. The molecule has 4 aromatic heterocycles. The van der Waals surface area contributed by atoms with Crippen molar-refractivity contribution in [2.75, 3.05) is 0 Å². The second-order valence-corrected chi connectivity index (χ2v) is 13.1. The van der Waals surface area contributed by atoms with Gasteiger partial charge in [-0.15, -0.1) is 0 Å². The second kappa shape index (κ2) is 11.2. The van der Waals surface area contributed by atoms with Crippen molar-refractivity contribution in [3.63, 3.8) is 0 Å². The molecule has 0 saturated heterocycles. The van der Waals surface area contributed by atoms with Crippen molar-refractivity contribution in [1.29, 1.82) is 0 Å². The summed E-state index contributed by atoms with van der Waals surface area (Å²) >= 11 is 0. The van der Waals surface area contributed by atoms with Gasteiger partial charge in [0.25, 0.3) is 0 Å². The largest absolute Gasteiger partial charge is 0.291 e. The summed E-state index contributed by atoms with van der Waals surface area (Å²) in [7, 11) is 0. The molecule has 0 spiro atoms. The molecular weight excluding hydrogens is 637 g/mol. The minimum atomic E-state index is 0.562. The average molecular weight is 665 g/mol. The van der Waals surface area contributed by atoms with Crippen LogP contribution in [0.4, 0.5) is 0 Å². The minimum Gasteiger partial charge on any atom is -0.291 e. The summed E-state index contributed by atoms with van der Waals surface area (Å²) in [6.07, 6.45) is 0. The van der Waals surface area contributed by atoms with E-state index >= 15 is 0 Å². The quantitative estimate of drug-likeness (QED) is 0.184. The zero-order chi connectivity index (χ0) is 34.2. The van der Waals surface area contributed by atoms with Crippen LogP contribution < -0.4 is 0 Å². The van der Waals surface area contributed by atoms with Gasteiger partial charge in [0.2, 0.25) is 5.95 Å². The van der Waals surface area contributed by atoms with Crippen molar-refractivity contribution in [3.05, 3.63) is 170 Å². The van der Waals surface area contributed by atoms with Gasteiger partial charge in [0, 0.05) is 32.8 Å². The average Bonchev–Trinajstić information content (AvgIpc) is 3.74. The van der Waals surface area contributed by atoms with Crippen LogP contribution in [-0.4, -0.2) is 28.9 Å². The van der Waals surface area contributed by atoms with Crippen molar-refractivity contribution >= 4 is 49.1 Å². The molecule has 11 rings (SSSR count). The van der Waals surface area contributed by atoms with Crippen LogP contribution in [0.3, 0.4) is 0 Å². The molecule has 0 amide bonds. The topological polar surface area (TPSA) is 60.9 Å². The molecule has 6 heteroatoms. The van der Waals surface area contributed by atoms with Crippen molar-refractivity contribution in [3.8, 4) is 51.2 Å². The second-order valence-electron chi connectivity index (χ2n) is 13.1. The first-order valence-electron chi connectivity index (χ1n) is 17.4. The van der Waals surface area contributed by atoms with Crippen molar-refractivity contribution in [1.82, 2.24) is 28.9 Å². The van der Waals surface area contributed by atoms with Crippen LogP contribution in [0.25, 0.3) is 100 Å². The number of hydrogen-bond acceptors (Lipinski definition) is 4. The van der Waals surface area contributed by atoms with E-state index in [4.69, 9.17) is 19.9 Å². The Balaban J connectivity index is 1.36. The van der Waals surface area contributed by atoms with Crippen LogP contribution in [0, 0.1) is 0 Å². The number of benzene rings is 7. The van der Waals surface area contributed by atoms with E-state index in [9.17, 15) is 0 Å². The molecule has 7 aromatic carbocycles. The Labute approximate surface area is 298 Å². The maximum absolute atomic E-state index is 5.31. The third-order valence-corrected chi connectivity index (χ3v) is 10.1. The molecule has 52 heavy (non-hydrogen) atoms. The Morgan fingerprint density at radius 2 is 0.942 bits per heavy atom. The monoisotopic (exact) mass is 664 g/mol. The SMILES string of the molecule is c1ccc(-c2cc3c4ccccc4n4c(-c5ccccc5)nc5ccc6c(c3c(c2)n6-c2nc(-c3ccccc3)nc(-c3ccccc3)n2)c54)cc1. The molecule has 0 atom stereocenters. The summed E-state index contributed by atoms with van der Waals surface area (Å²) < 4.78 is 4.58. The molecule has 0 fully saturated rings. The first-order chi connectivity index (χ1) is 25.8. The molecule has 0 aliphatic carbocycles. The predicted molar refractivity (Wildman–Crippen MR) is 211 cm³/mol. The lowest BCUT2D eigenvalue weighted by Crippen LogP contribution is -2.06. The minimum absolute atomic E-state index is 0.562. The molecule has 0 bridgehead atoms. The van der Waals surface area contributed by atoms with Gasteiger partial charge in [0.1, 0.15) is 5.82 Å². The van der Waals surface area contributed by atoms with Gasteiger partial charge in [-0.05, 0) is 46.8 Å². The standard InChI is InChI=1S/C46H28N6/c1-5-15-29(16-6-1)33-27-35-34-23-13-14-24-37(34)52-42-36(47-45(52)32-21-11-4-12-22-32)25-26-38-41(42)40(35)39(28-33)51(38)46-49-43(30-17-7-2-8-18-30)48-44(50-46)31-19-9-3-10-20-31/h1-28H. The highest BCUT2D eigenvalue weighted by molar-refractivity contribution is 6.30. The fourth-order valence-electron chi connectivity index (χ4n) is 7.82. The van der Waals surface area contributed by atoms with Gasteiger partial charge < -0.3 is 0 Å². The summed E-state index contributed by atoms with van der Waals surface area (Å²) in [5.74, 6) is 2.71. The van der Waals surface area contributed by atoms with E-state index in [1.54, 1.807) is 0 Å². The highest BCUT2D eigenvalue weighted by Gasteiger charge is 2.26. The molecule has 0 saturated carbocycles. The number of nitrogens with zero attached hydrogens (tertiary/aromatic N) is 6. The third kappa shape index (κ3) is 4.25. The van der Waals surface area contributed by atoms with Crippen LogP contribution in [0.1, 0.15) is 0 Å². The Bertz CT molecular complexity index is 3040. The number of imidazole rings is 1. The molecule has 11 aromatic rings. The molecular formula is C46H28N6. The summed E-state index contributed by atoms with van der Waals surface area (Å²) in [6, 6.07) is 59.0. The molecule has 0 N–H and O–H groups in total. The molecule has 0 aliphatic rings. The normalized spacial score (nSPS) is 11.8. The Morgan fingerprint density at radius 3 is 1.60 bits per heavy atom. The van der Waals surface area contributed by atoms with Crippen molar-refractivity contribution < 1.29 is 0 Å². The molecule has 0 unspecified atom stereocenters. The maximum Gasteiger partial charge on any atom is 0.238 e. The highest BCUT2D eigenvalue weighted by Crippen LogP contribution is 2.45. The van der Waals surface area contributed by atoms with Crippen LogP contribution in [0.15, 0.2) is 170 Å². The highest BCUT2D eigenvalue weighted by atomic mass is 15.2. The lowest BCUT2D eigenvalue weighted by molar-refractivity contribution is 0.954. The Morgan fingerprint density at radius 1 is 0.365 bits per heavy atom. The van der Waals surface area contributed by atoms with E-state index in [-0.39, 0.29) is 0 Å². The van der Waals surface area contributed by atoms with E-state index in [2.05, 4.69) is 112 Å². The molecule has 0 aliphatic heterocycles. The van der Waals surface area contributed by atoms with Crippen molar-refractivity contribution in [2.45, 2.75) is 0 Å². The van der Waals surface area contributed by atoms with Crippen LogP contribution in [0.5, 0.6) is 0 Å². The fourth-order valence-corrected chi connectivity index (χ4v) is 7.82. The van der Waals surface area contributed by atoms with Gasteiger partial charge in [0.15, 0.2) is 11.6 Å². The van der Waals surface area contributed by atoms with E-state index in [0.717, 1.165) is 82.8 Å². The van der Waals surface area contributed by atoms with E-state index in [1.807, 2.05) is 66.7 Å². The van der Waals surface area contributed by atoms with Gasteiger partial charge in [-0.3, -0.25) is 8.97 Å². The van der Waals surface area contributed by atoms with Gasteiger partial charge in [-0.1, -0.05) is 140 Å². The molecule has 242 valence electrons. The van der Waals surface area contributed by atoms with Crippen LogP contribution in [0.2, 0.25) is 0 Å². The van der Waals surface area contributed by atoms with Crippen LogP contribution >= 0.6 is 0 Å². The van der Waals surface area contributed by atoms with Crippen LogP contribution in [-0.2, 0) is 0 Å². The Kier molecular flexibility index (Phi) is 6.15. The first-order valence-corrected chi connectivity index (χ1v) is 17.4. The number of rotatable bonds is 5. The van der Waals surface area contributed by atoms with Gasteiger partial charge >= 0.3 is 0 Å². The van der Waals surface area contributed by atoms with Gasteiger partial charge in [0.05, 0.1) is 27.6 Å². The van der Waals surface area contributed by atoms with E-state index in [1.165, 1.54) is 0 Å². The number of hydrogen-bond donors (Lipinski definition) is 0. The smallest absolute Gasteiger partial charge is 0.238 e. The fraction of sp³-hybridized carbons (Fsp3) is 0. The van der Waals surface area contributed by atoms with Gasteiger partial charge in [-0.2, -0.15) is 9.97 Å². The molecule has 4 heterocycles. The summed E-state index contributed by atoms with van der Waals surface area (Å²) in [6.45, 7) is 0. The third-order valence-electron chi connectivity index (χ3n) is 10.1. The number of aromatic nitrogens is 6. The van der Waals surface area contributed by atoms with E-state index in [0.29, 0.717) is 17.6 Å². The number of fused-ring (bicyclic) bond motifs is 3. The summed E-state index contributed by atoms with van der Waals surface area (Å²) in [5, 5.41) is 4.57. The lowest BCUT2D eigenvalue weighted by Gasteiger charge is -2.12. The maximum atomic E-state index is 5.31. The van der Waals surface area contributed by atoms with E-state index < -0.39 is 0 Å². The zero-order valence-electron chi connectivity index (χ0n) is 27.8. The summed E-state index contributed by atoms with van der Waals surface area (Å²) in [5.41, 5.74) is 10.3. The summed E-state index contributed by atoms with van der Waals surface area (Å²) in [4.78, 5) is 20.8. The molecule has 6 nitrogen and oxygen atoms in total. The molecule has 0 radical (unpaired) electrons. The zero-order valence-corrected chi connectivity index (χ0v) is 27.8. The number of para-hydroxylation sites is 1. The first kappa shape index (κ1) is 28.6. The van der Waals surface area contributed by atoms with Crippen molar-refractivity contribution in [2.24, 2.45) is 0 Å². The van der Waals surface area contributed by atoms with Gasteiger partial charge in [-0.25, -0.2) is 9.97 Å². The lowest BCUT2D eigenvalue weighted by atomic mass is 9.98.